The van der Waals surface area contributed by atoms with E-state index < -0.39 is 0 Å². The quantitative estimate of drug-likeness (QED) is 0.866. The minimum Gasteiger partial charge on any atom is -0.378 e. The summed E-state index contributed by atoms with van der Waals surface area (Å²) in [5.41, 5.74) is 6.95. The van der Waals surface area contributed by atoms with Crippen LogP contribution < -0.4 is 16.0 Å². The van der Waals surface area contributed by atoms with E-state index in [1.54, 1.807) is 0 Å². The smallest absolute Gasteiger partial charge is 0.222 e. The first-order valence-electron chi connectivity index (χ1n) is 8.51. The fourth-order valence-electron chi connectivity index (χ4n) is 4.04. The molecule has 3 atom stereocenters. The van der Waals surface area contributed by atoms with Crippen molar-refractivity contribution in [2.24, 2.45) is 5.92 Å². The maximum absolute atomic E-state index is 5.94. The van der Waals surface area contributed by atoms with Crippen LogP contribution in [0.15, 0.2) is 6.07 Å². The Bertz CT molecular complexity index is 517. The van der Waals surface area contributed by atoms with Gasteiger partial charge in [-0.2, -0.15) is 4.98 Å². The lowest BCUT2D eigenvalue weighted by atomic mass is 9.94. The number of nitrogens with two attached hydrogens (primary N) is 1. The standard InChI is InChI=1S/C16H25N5O/c17-16-19-12(7-13-4-2-6-22-13)8-15(20-16)21-9-11-3-1-5-18-14(11)10-21/h8,11,13-14,18H,1-7,9-10H2,(H2,17,19,20)/t11-,13?,14+/m1/s1. The Morgan fingerprint density at radius 3 is 3.05 bits per heavy atom. The van der Waals surface area contributed by atoms with Crippen molar-refractivity contribution < 1.29 is 4.74 Å². The first-order valence-corrected chi connectivity index (χ1v) is 8.51. The molecule has 0 amide bonds. The largest absolute Gasteiger partial charge is 0.378 e. The van der Waals surface area contributed by atoms with Crippen molar-refractivity contribution in [1.82, 2.24) is 15.3 Å². The molecule has 22 heavy (non-hydrogen) atoms. The second-order valence-electron chi connectivity index (χ2n) is 6.78. The highest BCUT2D eigenvalue weighted by Gasteiger charge is 2.35. The minimum absolute atomic E-state index is 0.296. The molecule has 4 heterocycles. The van der Waals surface area contributed by atoms with Crippen molar-refractivity contribution in [3.05, 3.63) is 11.8 Å². The molecule has 0 spiro atoms. The van der Waals surface area contributed by atoms with Gasteiger partial charge >= 0.3 is 0 Å². The maximum atomic E-state index is 5.94. The zero-order valence-corrected chi connectivity index (χ0v) is 13.0. The van der Waals surface area contributed by atoms with Gasteiger partial charge in [0.15, 0.2) is 0 Å². The van der Waals surface area contributed by atoms with Crippen molar-refractivity contribution >= 4 is 11.8 Å². The van der Waals surface area contributed by atoms with Gasteiger partial charge in [0.2, 0.25) is 5.95 Å². The molecule has 6 nitrogen and oxygen atoms in total. The Morgan fingerprint density at radius 1 is 1.27 bits per heavy atom. The molecule has 120 valence electrons. The summed E-state index contributed by atoms with van der Waals surface area (Å²) in [4.78, 5) is 11.2. The summed E-state index contributed by atoms with van der Waals surface area (Å²) in [7, 11) is 0. The highest BCUT2D eigenvalue weighted by atomic mass is 16.5. The van der Waals surface area contributed by atoms with Gasteiger partial charge in [0, 0.05) is 38.2 Å². The van der Waals surface area contributed by atoms with Gasteiger partial charge in [0.25, 0.3) is 0 Å². The number of rotatable bonds is 3. The lowest BCUT2D eigenvalue weighted by molar-refractivity contribution is 0.110. The molecule has 0 saturated carbocycles. The third-order valence-corrected chi connectivity index (χ3v) is 5.17. The summed E-state index contributed by atoms with van der Waals surface area (Å²) in [6.45, 7) is 4.12. The maximum Gasteiger partial charge on any atom is 0.222 e. The van der Waals surface area contributed by atoms with Crippen LogP contribution in [-0.4, -0.2) is 48.4 Å². The number of aromatic nitrogens is 2. The summed E-state index contributed by atoms with van der Waals surface area (Å²) in [5, 5.41) is 3.63. The van der Waals surface area contributed by atoms with Crippen LogP contribution in [0.1, 0.15) is 31.4 Å². The predicted octanol–water partition coefficient (Wildman–Crippen LogP) is 0.968. The summed E-state index contributed by atoms with van der Waals surface area (Å²) in [6, 6.07) is 2.71. The molecule has 0 aliphatic carbocycles. The number of ether oxygens (including phenoxy) is 1. The van der Waals surface area contributed by atoms with Crippen molar-refractivity contribution in [2.75, 3.05) is 36.9 Å². The lowest BCUT2D eigenvalue weighted by Gasteiger charge is -2.24. The van der Waals surface area contributed by atoms with Crippen LogP contribution in [-0.2, 0) is 11.2 Å². The van der Waals surface area contributed by atoms with Crippen molar-refractivity contribution in [2.45, 2.75) is 44.2 Å². The molecule has 3 fully saturated rings. The van der Waals surface area contributed by atoms with E-state index in [0.29, 0.717) is 18.1 Å². The van der Waals surface area contributed by atoms with Gasteiger partial charge in [0.1, 0.15) is 5.82 Å². The van der Waals surface area contributed by atoms with E-state index in [1.165, 1.54) is 12.8 Å². The molecule has 0 aromatic carbocycles. The normalized spacial score (nSPS) is 31.5. The van der Waals surface area contributed by atoms with Gasteiger partial charge in [-0.3, -0.25) is 0 Å². The van der Waals surface area contributed by atoms with Crippen LogP contribution in [0, 0.1) is 5.92 Å². The third kappa shape index (κ3) is 2.90. The molecular formula is C16H25N5O. The van der Waals surface area contributed by atoms with E-state index in [0.717, 1.165) is 62.9 Å². The van der Waals surface area contributed by atoms with Crippen molar-refractivity contribution in [3.63, 3.8) is 0 Å². The number of anilines is 2. The SMILES string of the molecule is Nc1nc(CC2CCCO2)cc(N2C[C@H]3CCCN[C@H]3C2)n1. The van der Waals surface area contributed by atoms with E-state index in [4.69, 9.17) is 10.5 Å². The zero-order valence-electron chi connectivity index (χ0n) is 13.0. The summed E-state index contributed by atoms with van der Waals surface area (Å²) in [6.07, 6.45) is 6.02. The molecule has 1 aromatic rings. The predicted molar refractivity (Wildman–Crippen MR) is 85.9 cm³/mol. The van der Waals surface area contributed by atoms with Gasteiger partial charge in [-0.1, -0.05) is 0 Å². The Morgan fingerprint density at radius 2 is 2.23 bits per heavy atom. The molecule has 0 bridgehead atoms. The summed E-state index contributed by atoms with van der Waals surface area (Å²) >= 11 is 0. The molecule has 3 saturated heterocycles. The van der Waals surface area contributed by atoms with E-state index in [2.05, 4.69) is 26.3 Å². The summed E-state index contributed by atoms with van der Waals surface area (Å²) < 4.78 is 5.71. The number of hydrogen-bond acceptors (Lipinski definition) is 6. The van der Waals surface area contributed by atoms with Gasteiger partial charge in [-0.05, 0) is 38.1 Å². The molecule has 1 aromatic heterocycles. The lowest BCUT2D eigenvalue weighted by Crippen LogP contribution is -2.40. The molecule has 6 heteroatoms. The van der Waals surface area contributed by atoms with E-state index in [-0.39, 0.29) is 0 Å². The Hall–Kier alpha value is -1.40. The van der Waals surface area contributed by atoms with Crippen LogP contribution in [0.2, 0.25) is 0 Å². The zero-order chi connectivity index (χ0) is 14.9. The molecule has 3 N–H and O–H groups in total. The molecular weight excluding hydrogens is 278 g/mol. The Labute approximate surface area is 131 Å². The third-order valence-electron chi connectivity index (χ3n) is 5.17. The van der Waals surface area contributed by atoms with Gasteiger partial charge in [-0.25, -0.2) is 4.98 Å². The fourth-order valence-corrected chi connectivity index (χ4v) is 4.04. The Balaban J connectivity index is 1.50. The average Bonchev–Trinajstić information content (AvgIpc) is 3.15. The Kier molecular flexibility index (Phi) is 3.88. The average molecular weight is 303 g/mol. The highest BCUT2D eigenvalue weighted by Crippen LogP contribution is 2.29. The van der Waals surface area contributed by atoms with Crippen molar-refractivity contribution in [1.29, 1.82) is 0 Å². The van der Waals surface area contributed by atoms with Gasteiger partial charge < -0.3 is 20.7 Å². The first kappa shape index (κ1) is 14.2. The number of piperidine rings is 1. The number of nitrogen functional groups attached to an aromatic ring is 1. The number of nitrogens with one attached hydrogen (secondary N) is 1. The second-order valence-corrected chi connectivity index (χ2v) is 6.78. The molecule has 4 rings (SSSR count). The topological polar surface area (TPSA) is 76.3 Å². The minimum atomic E-state index is 0.296. The number of hydrogen-bond donors (Lipinski definition) is 2. The van der Waals surface area contributed by atoms with E-state index in [1.807, 2.05) is 0 Å². The second kappa shape index (κ2) is 6.01. The van der Waals surface area contributed by atoms with E-state index >= 15 is 0 Å². The monoisotopic (exact) mass is 303 g/mol. The van der Waals surface area contributed by atoms with Crippen LogP contribution in [0.3, 0.4) is 0 Å². The highest BCUT2D eigenvalue weighted by molar-refractivity contribution is 5.45. The van der Waals surface area contributed by atoms with Crippen LogP contribution in [0.25, 0.3) is 0 Å². The molecule has 3 aliphatic rings. The van der Waals surface area contributed by atoms with Gasteiger partial charge in [0.05, 0.1) is 11.8 Å². The van der Waals surface area contributed by atoms with Crippen LogP contribution >= 0.6 is 0 Å². The molecule has 0 radical (unpaired) electrons. The van der Waals surface area contributed by atoms with Crippen molar-refractivity contribution in [3.8, 4) is 0 Å². The summed E-state index contributed by atoms with van der Waals surface area (Å²) in [5.74, 6) is 2.11. The first-order chi connectivity index (χ1) is 10.8. The number of nitrogens with zero attached hydrogens (tertiary/aromatic N) is 3. The van der Waals surface area contributed by atoms with Crippen LogP contribution in [0.5, 0.6) is 0 Å². The molecule has 3 aliphatic heterocycles. The fraction of sp³-hybridized carbons (Fsp3) is 0.750. The van der Waals surface area contributed by atoms with E-state index in [9.17, 15) is 0 Å². The van der Waals surface area contributed by atoms with Crippen LogP contribution in [0.4, 0.5) is 11.8 Å². The number of fused-ring (bicyclic) bond motifs is 1. The van der Waals surface area contributed by atoms with Gasteiger partial charge in [-0.15, -0.1) is 0 Å². The molecule has 1 unspecified atom stereocenters.